The minimum Gasteiger partial charge on any atom is -0.387 e. The van der Waals surface area contributed by atoms with Crippen molar-refractivity contribution in [2.24, 2.45) is 0 Å². The Bertz CT molecular complexity index is 1670. The number of anilines is 1. The van der Waals surface area contributed by atoms with Gasteiger partial charge in [-0.15, -0.1) is 10.2 Å². The molecule has 4 heterocycles. The number of nitrogens with zero attached hydrogens (tertiary/aromatic N) is 7. The third-order valence-corrected chi connectivity index (χ3v) is 9.43. The number of tetrazole rings is 1. The zero-order valence-electron chi connectivity index (χ0n) is 23.8. The Hall–Kier alpha value is -3.16. The molecule has 0 radical (unpaired) electrons. The fraction of sp³-hybridized carbons (Fsp3) is 0.520. The number of benzene rings is 1. The molecule has 45 heavy (non-hydrogen) atoms. The van der Waals surface area contributed by atoms with Crippen molar-refractivity contribution in [2.75, 3.05) is 32.2 Å². The number of nitrogens with one attached hydrogen (secondary N) is 2. The second-order valence-electron chi connectivity index (χ2n) is 10.7. The quantitative estimate of drug-likeness (QED) is 0.0837. The highest BCUT2D eigenvalue weighted by atomic mass is 35.5. The zero-order valence-corrected chi connectivity index (χ0v) is 25.5. The van der Waals surface area contributed by atoms with Gasteiger partial charge >= 0.3 is 7.60 Å². The molecule has 1 unspecified atom stereocenters. The Morgan fingerprint density at radius 2 is 2.04 bits per heavy atom. The minimum atomic E-state index is -5.05. The lowest BCUT2D eigenvalue weighted by molar-refractivity contribution is -0.135. The minimum absolute atomic E-state index is 0.00651. The summed E-state index contributed by atoms with van der Waals surface area (Å²) in [6.07, 6.45) is -2.27. The predicted octanol–water partition coefficient (Wildman–Crippen LogP) is 0.465. The van der Waals surface area contributed by atoms with E-state index in [-0.39, 0.29) is 29.4 Å². The molecule has 0 saturated carbocycles. The van der Waals surface area contributed by atoms with Gasteiger partial charge in [-0.05, 0) is 35.6 Å². The van der Waals surface area contributed by atoms with Gasteiger partial charge < -0.3 is 44.3 Å². The summed E-state index contributed by atoms with van der Waals surface area (Å²) in [7, 11) is -3.82. The Kier molecular flexibility index (Phi) is 9.13. The molecule has 6 rings (SSSR count). The van der Waals surface area contributed by atoms with Crippen molar-refractivity contribution in [1.82, 2.24) is 40.4 Å². The maximum absolute atomic E-state index is 12.6. The van der Waals surface area contributed by atoms with Crippen LogP contribution in [-0.4, -0.2) is 111 Å². The predicted molar refractivity (Wildman–Crippen MR) is 154 cm³/mol. The number of fused-ring (bicyclic) bond motifs is 2. The van der Waals surface area contributed by atoms with Crippen molar-refractivity contribution in [1.29, 1.82) is 0 Å². The van der Waals surface area contributed by atoms with Crippen LogP contribution in [0.25, 0.3) is 11.0 Å². The van der Waals surface area contributed by atoms with Gasteiger partial charge in [0.15, 0.2) is 17.7 Å². The van der Waals surface area contributed by atoms with E-state index in [4.69, 9.17) is 30.5 Å². The second-order valence-corrected chi connectivity index (χ2v) is 12.9. The number of rotatable bonds is 13. The van der Waals surface area contributed by atoms with E-state index >= 15 is 0 Å². The number of ether oxygens (including phenoxy) is 4. The van der Waals surface area contributed by atoms with Crippen LogP contribution in [0, 0.1) is 0 Å². The first kappa shape index (κ1) is 31.8. The van der Waals surface area contributed by atoms with Crippen molar-refractivity contribution in [3.05, 3.63) is 52.7 Å². The van der Waals surface area contributed by atoms with Gasteiger partial charge in [-0.1, -0.05) is 29.5 Å². The Morgan fingerprint density at radius 3 is 2.80 bits per heavy atom. The van der Waals surface area contributed by atoms with Crippen LogP contribution in [0.1, 0.15) is 35.6 Å². The first-order chi connectivity index (χ1) is 21.6. The molecule has 1 aliphatic carbocycles. The van der Waals surface area contributed by atoms with Gasteiger partial charge in [-0.25, -0.2) is 4.68 Å². The van der Waals surface area contributed by atoms with Crippen molar-refractivity contribution < 1.29 is 43.5 Å². The topological polar surface area (TPSA) is 245 Å². The standard InChI is InChI=1S/C25H31ClN9O9P/c1-41-11-25(45(38,39)40,12-42-10-18-31-33-34-32-18)43-9-17-19(36)20(37)23(44-17)35-22-15(8-27-35)21(29-24(26)30-22)28-16-7-6-13-4-2-3-5-14(13)16/h2-5,8,16-17,19-20,23,36-37H,6-7,9-12H2,1H3,(H,28,29,30)(H2,38,39,40)(H,31,32,33,34)/t16-,17-,19-,20-,23-,25?/m1/s1. The molecule has 4 aromatic rings. The van der Waals surface area contributed by atoms with Crippen LogP contribution >= 0.6 is 19.2 Å². The van der Waals surface area contributed by atoms with E-state index in [0.717, 1.165) is 18.4 Å². The van der Waals surface area contributed by atoms with Crippen LogP contribution in [0.15, 0.2) is 30.5 Å². The highest BCUT2D eigenvalue weighted by Gasteiger charge is 2.52. The summed E-state index contributed by atoms with van der Waals surface area (Å²) in [4.78, 5) is 29.1. The number of hydrogen-bond acceptors (Lipinski definition) is 14. The third kappa shape index (κ3) is 6.31. The monoisotopic (exact) mass is 667 g/mol. The molecule has 6 N–H and O–H groups in total. The van der Waals surface area contributed by atoms with Crippen molar-refractivity contribution >= 4 is 36.0 Å². The Balaban J connectivity index is 1.19. The Labute approximate surface area is 260 Å². The van der Waals surface area contributed by atoms with Crippen LogP contribution in [0.4, 0.5) is 5.82 Å². The zero-order chi connectivity index (χ0) is 31.8. The Morgan fingerprint density at radius 1 is 1.22 bits per heavy atom. The highest BCUT2D eigenvalue weighted by molar-refractivity contribution is 7.53. The van der Waals surface area contributed by atoms with Gasteiger partial charge in [-0.2, -0.15) is 20.3 Å². The molecule has 1 saturated heterocycles. The summed E-state index contributed by atoms with van der Waals surface area (Å²) < 4.78 is 36.0. The second kappa shape index (κ2) is 12.9. The van der Waals surface area contributed by atoms with E-state index in [1.54, 1.807) is 0 Å². The van der Waals surface area contributed by atoms with E-state index in [0.29, 0.717) is 11.2 Å². The molecule has 0 spiro atoms. The molecular formula is C25H31ClN9O9P. The summed E-state index contributed by atoms with van der Waals surface area (Å²) >= 11 is 6.30. The van der Waals surface area contributed by atoms with Gasteiger partial charge in [-0.3, -0.25) is 4.57 Å². The van der Waals surface area contributed by atoms with Crippen molar-refractivity contribution in [3.63, 3.8) is 0 Å². The van der Waals surface area contributed by atoms with E-state index in [2.05, 4.69) is 53.1 Å². The molecule has 2 aliphatic rings. The van der Waals surface area contributed by atoms with E-state index in [1.807, 2.05) is 12.1 Å². The van der Waals surface area contributed by atoms with Crippen LogP contribution in [0.2, 0.25) is 5.28 Å². The summed E-state index contributed by atoms with van der Waals surface area (Å²) in [5.41, 5.74) is 2.65. The summed E-state index contributed by atoms with van der Waals surface area (Å²) in [6.45, 7) is -1.99. The number of halogens is 1. The maximum Gasteiger partial charge on any atom is 0.361 e. The van der Waals surface area contributed by atoms with Gasteiger partial charge in [0.25, 0.3) is 0 Å². The number of H-pyrrole nitrogens is 1. The highest BCUT2D eigenvalue weighted by Crippen LogP contribution is 2.52. The van der Waals surface area contributed by atoms with Gasteiger partial charge in [0.05, 0.1) is 37.4 Å². The molecule has 0 amide bonds. The number of aliphatic hydroxyl groups excluding tert-OH is 2. The average Bonchev–Trinajstić information content (AvgIpc) is 3.80. The summed E-state index contributed by atoms with van der Waals surface area (Å²) in [6, 6.07) is 8.12. The lowest BCUT2D eigenvalue weighted by Gasteiger charge is -2.34. The number of aromatic nitrogens is 8. The fourth-order valence-corrected chi connectivity index (χ4v) is 6.49. The number of aryl methyl sites for hydroxylation is 1. The molecule has 1 aromatic carbocycles. The summed E-state index contributed by atoms with van der Waals surface area (Å²) in [5.74, 6) is 0.590. The van der Waals surface area contributed by atoms with Crippen LogP contribution < -0.4 is 5.32 Å². The summed E-state index contributed by atoms with van der Waals surface area (Å²) in [5, 5.41) is 40.9. The lowest BCUT2D eigenvalue weighted by atomic mass is 10.1. The third-order valence-electron chi connectivity index (χ3n) is 7.81. The normalized spacial score (nSPS) is 24.6. The fourth-order valence-electron chi connectivity index (χ4n) is 5.52. The van der Waals surface area contributed by atoms with Gasteiger partial charge in [0, 0.05) is 7.11 Å². The first-order valence-electron chi connectivity index (χ1n) is 13.9. The van der Waals surface area contributed by atoms with Crippen LogP contribution in [0.3, 0.4) is 0 Å². The molecule has 1 aliphatic heterocycles. The molecule has 1 fully saturated rings. The molecule has 20 heteroatoms. The maximum atomic E-state index is 12.6. The molecule has 0 bridgehead atoms. The lowest BCUT2D eigenvalue weighted by Crippen LogP contribution is -2.45. The van der Waals surface area contributed by atoms with E-state index in [9.17, 15) is 24.6 Å². The van der Waals surface area contributed by atoms with Gasteiger partial charge in [0.1, 0.15) is 30.7 Å². The molecule has 242 valence electrons. The van der Waals surface area contributed by atoms with Crippen molar-refractivity contribution in [3.8, 4) is 0 Å². The van der Waals surface area contributed by atoms with Crippen molar-refractivity contribution in [2.45, 2.75) is 55.4 Å². The number of aliphatic hydroxyl groups is 2. The smallest absolute Gasteiger partial charge is 0.361 e. The molecule has 18 nitrogen and oxygen atoms in total. The number of hydrogen-bond donors (Lipinski definition) is 6. The number of methoxy groups -OCH3 is 1. The average molecular weight is 668 g/mol. The van der Waals surface area contributed by atoms with E-state index < -0.39 is 57.3 Å². The van der Waals surface area contributed by atoms with Crippen LogP contribution in [-0.2, 0) is 36.5 Å². The first-order valence-corrected chi connectivity index (χ1v) is 15.8. The van der Waals surface area contributed by atoms with Crippen LogP contribution in [0.5, 0.6) is 0 Å². The van der Waals surface area contributed by atoms with Gasteiger partial charge in [0.2, 0.25) is 10.6 Å². The number of aromatic amines is 1. The molecular weight excluding hydrogens is 637 g/mol. The largest absolute Gasteiger partial charge is 0.387 e. The SMILES string of the molecule is COCC(COCc1nn[nH]n1)(OC[C@H]1O[C@@H](n2ncc3c(N[C@@H]4CCc5ccccc54)nc(Cl)nc32)[C@H](O)[C@@H]1O)P(=O)(O)O. The molecule has 3 aromatic heterocycles. The molecule has 6 atom stereocenters. The van der Waals surface area contributed by atoms with E-state index in [1.165, 1.54) is 23.6 Å².